The first-order valence-electron chi connectivity index (χ1n) is 8.37. The molecule has 6 heteroatoms. The van der Waals surface area contributed by atoms with E-state index in [2.05, 4.69) is 11.2 Å². The molecule has 1 saturated heterocycles. The molecule has 2 aromatic rings. The average molecular weight is 327 g/mol. The molecule has 0 bridgehead atoms. The number of nitrogens with zero attached hydrogens (tertiary/aromatic N) is 3. The highest BCUT2D eigenvalue weighted by molar-refractivity contribution is 5.82. The number of hydrogen-bond acceptors (Lipinski definition) is 4. The Balaban J connectivity index is 1.37. The van der Waals surface area contributed by atoms with E-state index < -0.39 is 6.10 Å². The lowest BCUT2D eigenvalue weighted by Crippen LogP contribution is -2.48. The molecular formula is C18H21N3O3. The van der Waals surface area contributed by atoms with Crippen molar-refractivity contribution in [1.82, 2.24) is 14.7 Å². The van der Waals surface area contributed by atoms with Crippen molar-refractivity contribution in [3.8, 4) is 11.5 Å². The Morgan fingerprint density at radius 3 is 2.62 bits per heavy atom. The molecule has 1 amide bonds. The van der Waals surface area contributed by atoms with Crippen molar-refractivity contribution in [2.75, 3.05) is 19.7 Å². The largest absolute Gasteiger partial charge is 0.485 e. The van der Waals surface area contributed by atoms with Crippen LogP contribution >= 0.6 is 0 Å². The van der Waals surface area contributed by atoms with Gasteiger partial charge >= 0.3 is 0 Å². The smallest absolute Gasteiger partial charge is 0.267 e. The highest BCUT2D eigenvalue weighted by atomic mass is 16.6. The number of benzene rings is 1. The monoisotopic (exact) mass is 327 g/mol. The van der Waals surface area contributed by atoms with Crippen molar-refractivity contribution in [2.45, 2.75) is 24.9 Å². The molecule has 1 aromatic carbocycles. The van der Waals surface area contributed by atoms with Gasteiger partial charge in [0.2, 0.25) is 6.10 Å². The molecule has 1 aromatic heterocycles. The maximum absolute atomic E-state index is 12.7. The molecule has 0 N–H and O–H groups in total. The second-order valence-electron chi connectivity index (χ2n) is 6.38. The minimum absolute atomic E-state index is 0.0176. The molecule has 4 rings (SSSR count). The van der Waals surface area contributed by atoms with Crippen LogP contribution in [-0.2, 0) is 11.8 Å². The summed E-state index contributed by atoms with van der Waals surface area (Å²) in [6.45, 7) is 1.75. The van der Waals surface area contributed by atoms with Gasteiger partial charge in [0, 0.05) is 32.3 Å². The number of carbonyl (C=O) groups excluding carboxylic acids is 1. The molecule has 0 aliphatic carbocycles. The third kappa shape index (κ3) is 2.84. The lowest BCUT2D eigenvalue weighted by molar-refractivity contribution is -0.142. The minimum Gasteiger partial charge on any atom is -0.485 e. The summed E-state index contributed by atoms with van der Waals surface area (Å²) >= 11 is 0. The predicted octanol–water partition coefficient (Wildman–Crippen LogP) is 1.97. The number of carbonyl (C=O) groups is 1. The molecule has 2 aliphatic rings. The number of likely N-dealkylation sites (tertiary alicyclic amines) is 1. The number of piperidine rings is 1. The number of rotatable bonds is 2. The van der Waals surface area contributed by atoms with E-state index in [9.17, 15) is 4.79 Å². The normalized spacial score (nSPS) is 20.9. The molecular weight excluding hydrogens is 306 g/mol. The zero-order chi connectivity index (χ0) is 16.5. The number of aryl methyl sites for hydroxylation is 1. The van der Waals surface area contributed by atoms with Gasteiger partial charge in [-0.25, -0.2) is 0 Å². The molecule has 1 atom stereocenters. The predicted molar refractivity (Wildman–Crippen MR) is 88.1 cm³/mol. The Hall–Kier alpha value is -2.50. The van der Waals surface area contributed by atoms with Gasteiger partial charge in [-0.05, 0) is 31.0 Å². The molecule has 0 saturated carbocycles. The molecule has 3 heterocycles. The highest BCUT2D eigenvalue weighted by Gasteiger charge is 2.33. The summed E-state index contributed by atoms with van der Waals surface area (Å²) in [5.74, 6) is 1.80. The molecule has 6 nitrogen and oxygen atoms in total. The van der Waals surface area contributed by atoms with Gasteiger partial charge in [-0.2, -0.15) is 5.10 Å². The van der Waals surface area contributed by atoms with Crippen LogP contribution in [0.25, 0.3) is 0 Å². The summed E-state index contributed by atoms with van der Waals surface area (Å²) in [5, 5.41) is 4.49. The van der Waals surface area contributed by atoms with E-state index in [1.165, 1.54) is 0 Å². The first-order valence-corrected chi connectivity index (χ1v) is 8.37. The van der Waals surface area contributed by atoms with Gasteiger partial charge in [0.15, 0.2) is 11.5 Å². The minimum atomic E-state index is -0.550. The van der Waals surface area contributed by atoms with Crippen molar-refractivity contribution in [2.24, 2.45) is 7.05 Å². The van der Waals surface area contributed by atoms with Gasteiger partial charge < -0.3 is 14.4 Å². The van der Waals surface area contributed by atoms with Gasteiger partial charge in [0.25, 0.3) is 5.91 Å². The van der Waals surface area contributed by atoms with Gasteiger partial charge in [-0.3, -0.25) is 9.48 Å². The fourth-order valence-electron chi connectivity index (χ4n) is 3.39. The Morgan fingerprint density at radius 1 is 1.17 bits per heavy atom. The topological polar surface area (TPSA) is 56.6 Å². The third-order valence-electron chi connectivity index (χ3n) is 4.74. The fraction of sp³-hybridized carbons (Fsp3) is 0.444. The van der Waals surface area contributed by atoms with Crippen LogP contribution in [0.2, 0.25) is 0 Å². The van der Waals surface area contributed by atoms with Crippen LogP contribution in [0.4, 0.5) is 0 Å². The highest BCUT2D eigenvalue weighted by Crippen LogP contribution is 2.32. The van der Waals surface area contributed by atoms with Gasteiger partial charge in [0.1, 0.15) is 6.61 Å². The summed E-state index contributed by atoms with van der Waals surface area (Å²) in [7, 11) is 1.93. The quantitative estimate of drug-likeness (QED) is 0.846. The van der Waals surface area contributed by atoms with Crippen LogP contribution in [0.1, 0.15) is 24.5 Å². The molecule has 2 aliphatic heterocycles. The molecule has 0 spiro atoms. The van der Waals surface area contributed by atoms with Crippen molar-refractivity contribution < 1.29 is 14.3 Å². The lowest BCUT2D eigenvalue weighted by Gasteiger charge is -2.35. The Kier molecular flexibility index (Phi) is 3.88. The molecule has 0 radical (unpaired) electrons. The summed E-state index contributed by atoms with van der Waals surface area (Å²) in [6, 6.07) is 9.54. The van der Waals surface area contributed by atoms with E-state index >= 15 is 0 Å². The number of para-hydroxylation sites is 2. The molecule has 24 heavy (non-hydrogen) atoms. The number of ether oxygens (including phenoxy) is 2. The van der Waals surface area contributed by atoms with E-state index in [1.54, 1.807) is 0 Å². The zero-order valence-electron chi connectivity index (χ0n) is 13.7. The second kappa shape index (κ2) is 6.19. The maximum atomic E-state index is 12.7. The van der Waals surface area contributed by atoms with Crippen LogP contribution < -0.4 is 9.47 Å². The summed E-state index contributed by atoms with van der Waals surface area (Å²) in [4.78, 5) is 14.6. The average Bonchev–Trinajstić information content (AvgIpc) is 3.07. The van der Waals surface area contributed by atoms with E-state index in [0.717, 1.165) is 31.6 Å². The Morgan fingerprint density at radius 2 is 1.92 bits per heavy atom. The lowest BCUT2D eigenvalue weighted by atomic mass is 9.93. The van der Waals surface area contributed by atoms with Crippen LogP contribution in [0.3, 0.4) is 0 Å². The zero-order valence-corrected chi connectivity index (χ0v) is 13.7. The van der Waals surface area contributed by atoms with Crippen LogP contribution in [0.15, 0.2) is 36.5 Å². The molecule has 1 fully saturated rings. The van der Waals surface area contributed by atoms with E-state index in [-0.39, 0.29) is 12.5 Å². The van der Waals surface area contributed by atoms with Gasteiger partial charge in [-0.15, -0.1) is 0 Å². The van der Waals surface area contributed by atoms with Gasteiger partial charge in [0.05, 0.1) is 5.69 Å². The Labute approximate surface area is 141 Å². The van der Waals surface area contributed by atoms with Crippen molar-refractivity contribution in [3.05, 3.63) is 42.2 Å². The summed E-state index contributed by atoms with van der Waals surface area (Å²) in [6.07, 6.45) is 3.29. The maximum Gasteiger partial charge on any atom is 0.267 e. The third-order valence-corrected chi connectivity index (χ3v) is 4.74. The SMILES string of the molecule is Cn1ccc(C2CCN(C(=O)C3COc4ccccc4O3)CC2)n1. The summed E-state index contributed by atoms with van der Waals surface area (Å²) < 4.78 is 13.3. The van der Waals surface area contributed by atoms with Crippen molar-refractivity contribution in [1.29, 1.82) is 0 Å². The Bertz CT molecular complexity index is 735. The number of aromatic nitrogens is 2. The van der Waals surface area contributed by atoms with E-state index in [0.29, 0.717) is 17.4 Å². The van der Waals surface area contributed by atoms with E-state index in [4.69, 9.17) is 9.47 Å². The molecule has 1 unspecified atom stereocenters. The van der Waals surface area contributed by atoms with Crippen LogP contribution in [-0.4, -0.2) is 46.4 Å². The van der Waals surface area contributed by atoms with Crippen molar-refractivity contribution in [3.63, 3.8) is 0 Å². The first kappa shape index (κ1) is 15.1. The standard InChI is InChI=1S/C18H21N3O3/c1-20-9-8-14(19-20)13-6-10-21(11-7-13)18(22)17-12-23-15-4-2-3-5-16(15)24-17/h2-5,8-9,13,17H,6-7,10-12H2,1H3. The number of amides is 1. The summed E-state index contributed by atoms with van der Waals surface area (Å²) in [5.41, 5.74) is 1.12. The number of fused-ring (bicyclic) bond motifs is 1. The molecule has 126 valence electrons. The van der Waals surface area contributed by atoms with Gasteiger partial charge in [-0.1, -0.05) is 12.1 Å². The van der Waals surface area contributed by atoms with Crippen molar-refractivity contribution >= 4 is 5.91 Å². The second-order valence-corrected chi connectivity index (χ2v) is 6.38. The van der Waals surface area contributed by atoms with E-state index in [1.807, 2.05) is 47.1 Å². The fourth-order valence-corrected chi connectivity index (χ4v) is 3.39. The van der Waals surface area contributed by atoms with Crippen LogP contribution in [0.5, 0.6) is 11.5 Å². The van der Waals surface area contributed by atoms with Crippen LogP contribution in [0, 0.1) is 0 Å². The first-order chi connectivity index (χ1) is 11.7. The number of hydrogen-bond donors (Lipinski definition) is 0.